The van der Waals surface area contributed by atoms with E-state index in [1.807, 2.05) is 12.1 Å². The fourth-order valence-corrected chi connectivity index (χ4v) is 3.52. The van der Waals surface area contributed by atoms with Crippen LogP contribution in [0.1, 0.15) is 36.7 Å². The summed E-state index contributed by atoms with van der Waals surface area (Å²) in [4.78, 5) is 7.19. The van der Waals surface area contributed by atoms with Crippen molar-refractivity contribution in [3.05, 3.63) is 59.5 Å². The first-order valence-corrected chi connectivity index (χ1v) is 10.8. The number of hydrogen-bond donors (Lipinski definition) is 2. The molecule has 29 heavy (non-hydrogen) atoms. The molecule has 1 aromatic carbocycles. The number of ether oxygens (including phenoxy) is 1. The largest absolute Gasteiger partial charge is 0.467 e. The summed E-state index contributed by atoms with van der Waals surface area (Å²) in [7, 11) is 0. The fraction of sp³-hybridized carbons (Fsp3) is 0.522. The lowest BCUT2D eigenvalue weighted by Gasteiger charge is -2.28. The molecule has 0 aliphatic carbocycles. The molecule has 6 heteroatoms. The maximum atomic E-state index is 5.60. The van der Waals surface area contributed by atoms with Crippen LogP contribution >= 0.6 is 0 Å². The zero-order valence-corrected chi connectivity index (χ0v) is 17.5. The van der Waals surface area contributed by atoms with E-state index in [0.29, 0.717) is 13.2 Å². The van der Waals surface area contributed by atoms with Crippen molar-refractivity contribution in [3.8, 4) is 0 Å². The normalized spacial score (nSPS) is 14.6. The van der Waals surface area contributed by atoms with E-state index in [2.05, 4.69) is 51.7 Å². The van der Waals surface area contributed by atoms with Gasteiger partial charge in [0.2, 0.25) is 0 Å². The molecule has 1 aliphatic rings. The Morgan fingerprint density at radius 1 is 1.14 bits per heavy atom. The van der Waals surface area contributed by atoms with Crippen LogP contribution < -0.4 is 10.6 Å². The van der Waals surface area contributed by atoms with Crippen LogP contribution in [0.5, 0.6) is 0 Å². The van der Waals surface area contributed by atoms with Crippen LogP contribution in [0.3, 0.4) is 0 Å². The highest BCUT2D eigenvalue weighted by molar-refractivity contribution is 5.79. The van der Waals surface area contributed by atoms with E-state index in [-0.39, 0.29) is 0 Å². The van der Waals surface area contributed by atoms with Crippen LogP contribution in [0.2, 0.25) is 0 Å². The van der Waals surface area contributed by atoms with Gasteiger partial charge in [0, 0.05) is 45.9 Å². The Balaban J connectivity index is 1.28. The van der Waals surface area contributed by atoms with Gasteiger partial charge in [-0.2, -0.15) is 0 Å². The smallest absolute Gasteiger partial charge is 0.191 e. The van der Waals surface area contributed by atoms with E-state index >= 15 is 0 Å². The highest BCUT2D eigenvalue weighted by atomic mass is 16.5. The molecule has 2 aromatic rings. The van der Waals surface area contributed by atoms with Crippen molar-refractivity contribution < 1.29 is 9.15 Å². The van der Waals surface area contributed by atoms with Gasteiger partial charge < -0.3 is 19.8 Å². The van der Waals surface area contributed by atoms with Gasteiger partial charge in [0.05, 0.1) is 6.26 Å². The van der Waals surface area contributed by atoms with Crippen molar-refractivity contribution in [2.45, 2.75) is 39.3 Å². The van der Waals surface area contributed by atoms with E-state index < -0.39 is 0 Å². The van der Waals surface area contributed by atoms with Gasteiger partial charge in [-0.1, -0.05) is 24.3 Å². The van der Waals surface area contributed by atoms with E-state index in [0.717, 1.165) is 70.3 Å². The predicted molar refractivity (Wildman–Crippen MR) is 117 cm³/mol. The van der Waals surface area contributed by atoms with Gasteiger partial charge in [0.15, 0.2) is 5.96 Å². The first kappa shape index (κ1) is 21.4. The molecule has 0 saturated carbocycles. The second-order valence-corrected chi connectivity index (χ2v) is 7.32. The Morgan fingerprint density at radius 3 is 2.86 bits per heavy atom. The number of hydrogen-bond acceptors (Lipinski definition) is 4. The Hall–Kier alpha value is -2.31. The third kappa shape index (κ3) is 7.55. The van der Waals surface area contributed by atoms with Crippen LogP contribution in [-0.2, 0) is 24.3 Å². The maximum absolute atomic E-state index is 5.60. The molecule has 2 N–H and O–H groups in total. The van der Waals surface area contributed by atoms with Crippen LogP contribution in [0.25, 0.3) is 0 Å². The van der Waals surface area contributed by atoms with Gasteiger partial charge in [-0.15, -0.1) is 0 Å². The van der Waals surface area contributed by atoms with Gasteiger partial charge in [-0.05, 0) is 49.4 Å². The molecule has 0 bridgehead atoms. The lowest BCUT2D eigenvalue weighted by Crippen LogP contribution is -2.39. The van der Waals surface area contributed by atoms with Crippen molar-refractivity contribution in [1.82, 2.24) is 15.5 Å². The van der Waals surface area contributed by atoms with Gasteiger partial charge in [0.1, 0.15) is 12.4 Å². The Labute approximate surface area is 174 Å². The Bertz CT molecular complexity index is 730. The van der Waals surface area contributed by atoms with E-state index in [4.69, 9.17) is 9.15 Å². The van der Waals surface area contributed by atoms with E-state index in [1.165, 1.54) is 11.1 Å². The summed E-state index contributed by atoms with van der Waals surface area (Å²) in [5.74, 6) is 1.75. The quantitative estimate of drug-likeness (QED) is 0.346. The Morgan fingerprint density at radius 2 is 2.03 bits per heavy atom. The van der Waals surface area contributed by atoms with Gasteiger partial charge >= 0.3 is 0 Å². The molecule has 1 aromatic heterocycles. The molecule has 0 amide bonds. The monoisotopic (exact) mass is 398 g/mol. The molecule has 0 spiro atoms. The number of nitrogens with one attached hydrogen (secondary N) is 2. The van der Waals surface area contributed by atoms with Crippen LogP contribution in [0.15, 0.2) is 52.1 Å². The van der Waals surface area contributed by atoms with Crippen molar-refractivity contribution in [1.29, 1.82) is 0 Å². The second-order valence-electron chi connectivity index (χ2n) is 7.32. The standard InChI is InChI=1S/C23H34N4O2/c1-2-24-23(26-13-7-16-28-19-22-10-5-17-29-22)25-12-6-14-27-15-11-20-8-3-4-9-21(20)18-27/h3-5,8-10,17H,2,6-7,11-16,18-19H2,1H3,(H2,24,25,26). The topological polar surface area (TPSA) is 62.0 Å². The highest BCUT2D eigenvalue weighted by Gasteiger charge is 2.14. The number of aliphatic imine (C=N–C) groups is 1. The summed E-state index contributed by atoms with van der Waals surface area (Å²) >= 11 is 0. The van der Waals surface area contributed by atoms with E-state index in [1.54, 1.807) is 6.26 Å². The first-order valence-electron chi connectivity index (χ1n) is 10.8. The average Bonchev–Trinajstić information content (AvgIpc) is 3.27. The Kier molecular flexibility index (Phi) is 9.07. The summed E-state index contributed by atoms with van der Waals surface area (Å²) in [5, 5.41) is 6.77. The fourth-order valence-electron chi connectivity index (χ4n) is 3.52. The molecular formula is C23H34N4O2. The molecule has 3 rings (SSSR count). The molecule has 0 saturated heterocycles. The molecule has 1 aliphatic heterocycles. The number of furan rings is 1. The number of fused-ring (bicyclic) bond motifs is 1. The zero-order chi connectivity index (χ0) is 20.2. The summed E-state index contributed by atoms with van der Waals surface area (Å²) in [5.41, 5.74) is 2.99. The van der Waals surface area contributed by atoms with E-state index in [9.17, 15) is 0 Å². The molecular weight excluding hydrogens is 364 g/mol. The molecule has 0 fully saturated rings. The third-order valence-corrected chi connectivity index (χ3v) is 5.04. The van der Waals surface area contributed by atoms with Crippen molar-refractivity contribution in [3.63, 3.8) is 0 Å². The van der Waals surface area contributed by atoms with Gasteiger partial charge in [-0.25, -0.2) is 0 Å². The molecule has 2 heterocycles. The predicted octanol–water partition coefficient (Wildman–Crippen LogP) is 3.19. The average molecular weight is 399 g/mol. The highest BCUT2D eigenvalue weighted by Crippen LogP contribution is 2.18. The SMILES string of the molecule is CCNC(=NCCCOCc1ccco1)NCCCN1CCc2ccccc2C1. The van der Waals surface area contributed by atoms with Crippen molar-refractivity contribution in [2.24, 2.45) is 4.99 Å². The minimum atomic E-state index is 0.524. The number of guanidine groups is 1. The molecule has 0 radical (unpaired) electrons. The third-order valence-electron chi connectivity index (χ3n) is 5.04. The van der Waals surface area contributed by atoms with Gasteiger partial charge in [-0.3, -0.25) is 9.89 Å². The number of benzene rings is 1. The molecule has 0 unspecified atom stereocenters. The lowest BCUT2D eigenvalue weighted by atomic mass is 10.00. The van der Waals surface area contributed by atoms with Crippen LogP contribution in [0, 0.1) is 0 Å². The maximum Gasteiger partial charge on any atom is 0.191 e. The molecule has 158 valence electrons. The van der Waals surface area contributed by atoms with Crippen LogP contribution in [0.4, 0.5) is 0 Å². The summed E-state index contributed by atoms with van der Waals surface area (Å²) in [6.45, 7) is 9.18. The van der Waals surface area contributed by atoms with Crippen LogP contribution in [-0.4, -0.2) is 50.2 Å². The van der Waals surface area contributed by atoms with Crippen molar-refractivity contribution in [2.75, 3.05) is 39.3 Å². The molecule has 6 nitrogen and oxygen atoms in total. The summed E-state index contributed by atoms with van der Waals surface area (Å²) < 4.78 is 10.9. The lowest BCUT2D eigenvalue weighted by molar-refractivity contribution is 0.105. The summed E-state index contributed by atoms with van der Waals surface area (Å²) in [6.07, 6.45) is 4.83. The van der Waals surface area contributed by atoms with Gasteiger partial charge in [0.25, 0.3) is 0 Å². The molecule has 0 atom stereocenters. The summed E-state index contributed by atoms with van der Waals surface area (Å²) in [6, 6.07) is 12.6. The second kappa shape index (κ2) is 12.3. The first-order chi connectivity index (χ1) is 14.3. The minimum Gasteiger partial charge on any atom is -0.467 e. The minimum absolute atomic E-state index is 0.524. The zero-order valence-electron chi connectivity index (χ0n) is 17.5. The number of nitrogens with zero attached hydrogens (tertiary/aromatic N) is 2. The van der Waals surface area contributed by atoms with Crippen molar-refractivity contribution >= 4 is 5.96 Å². The number of rotatable bonds is 11.